The van der Waals surface area contributed by atoms with Gasteiger partial charge in [-0.2, -0.15) is 0 Å². The van der Waals surface area contributed by atoms with Gasteiger partial charge in [0.1, 0.15) is 5.82 Å². The molecular weight excluding hydrogens is 272 g/mol. The molecular formula is C12H17ClN2O2S. The number of rotatable bonds is 2. The Balaban J connectivity index is 2.27. The summed E-state index contributed by atoms with van der Waals surface area (Å²) in [5.74, 6) is 1.71. The predicted octanol–water partition coefficient (Wildman–Crippen LogP) is 1.75. The van der Waals surface area contributed by atoms with Crippen molar-refractivity contribution in [1.29, 1.82) is 0 Å². The first-order valence-electron chi connectivity index (χ1n) is 5.91. The Morgan fingerprint density at radius 2 is 2.28 bits per heavy atom. The number of aryl methyl sites for hydroxylation is 1. The van der Waals surface area contributed by atoms with E-state index >= 15 is 0 Å². The van der Waals surface area contributed by atoms with Gasteiger partial charge in [-0.1, -0.05) is 0 Å². The van der Waals surface area contributed by atoms with Crippen LogP contribution in [0.25, 0.3) is 0 Å². The zero-order valence-corrected chi connectivity index (χ0v) is 12.1. The molecule has 4 nitrogen and oxygen atoms in total. The molecule has 1 aliphatic rings. The first kappa shape index (κ1) is 13.6. The third-order valence-corrected chi connectivity index (χ3v) is 5.31. The normalized spacial score (nSPS) is 23.1. The topological polar surface area (TPSA) is 50.3 Å². The Bertz CT molecular complexity index is 545. The molecule has 18 heavy (non-hydrogen) atoms. The van der Waals surface area contributed by atoms with Crippen molar-refractivity contribution >= 4 is 27.3 Å². The van der Waals surface area contributed by atoms with Gasteiger partial charge in [0.2, 0.25) is 0 Å². The summed E-state index contributed by atoms with van der Waals surface area (Å²) in [4.78, 5) is 6.48. The molecule has 0 aliphatic carbocycles. The van der Waals surface area contributed by atoms with E-state index in [-0.39, 0.29) is 17.5 Å². The Labute approximate surface area is 113 Å². The summed E-state index contributed by atoms with van der Waals surface area (Å²) in [5.41, 5.74) is 2.02. The van der Waals surface area contributed by atoms with Crippen LogP contribution in [0.4, 0.5) is 5.82 Å². The molecule has 1 aliphatic heterocycles. The van der Waals surface area contributed by atoms with Crippen LogP contribution in [-0.2, 0) is 15.7 Å². The second kappa shape index (κ2) is 5.05. The van der Waals surface area contributed by atoms with Crippen LogP contribution in [-0.4, -0.2) is 37.5 Å². The molecule has 0 N–H and O–H groups in total. The molecule has 0 radical (unpaired) electrons. The number of hydrogen-bond donors (Lipinski definition) is 0. The van der Waals surface area contributed by atoms with Crippen molar-refractivity contribution in [3.8, 4) is 0 Å². The molecule has 0 bridgehead atoms. The number of nitrogens with zero attached hydrogens (tertiary/aromatic N) is 2. The molecule has 0 saturated carbocycles. The molecule has 6 heteroatoms. The Hall–Kier alpha value is -0.810. The number of hydrogen-bond acceptors (Lipinski definition) is 4. The molecule has 0 aromatic carbocycles. The average Bonchev–Trinajstić information content (AvgIpc) is 2.29. The van der Waals surface area contributed by atoms with Crippen molar-refractivity contribution in [1.82, 2.24) is 4.98 Å². The standard InChI is InChI=1S/C12H17ClN2O2S/c1-9-5-11(6-13)7-14-12(9)15-3-4-18(16,17)8-10(15)2/h5,7,10H,3-4,6,8H2,1-2H3. The minimum Gasteiger partial charge on any atom is -0.352 e. The van der Waals surface area contributed by atoms with E-state index in [0.717, 1.165) is 16.9 Å². The summed E-state index contributed by atoms with van der Waals surface area (Å²) >= 11 is 5.77. The van der Waals surface area contributed by atoms with E-state index in [2.05, 4.69) is 9.88 Å². The first-order chi connectivity index (χ1) is 8.43. The lowest BCUT2D eigenvalue weighted by molar-refractivity contribution is 0.566. The van der Waals surface area contributed by atoms with Gasteiger partial charge in [-0.15, -0.1) is 11.6 Å². The van der Waals surface area contributed by atoms with Crippen molar-refractivity contribution in [2.45, 2.75) is 25.8 Å². The molecule has 1 saturated heterocycles. The second-order valence-electron chi connectivity index (χ2n) is 4.77. The average molecular weight is 289 g/mol. The number of anilines is 1. The maximum absolute atomic E-state index is 11.6. The third-order valence-electron chi connectivity index (χ3n) is 3.20. The third kappa shape index (κ3) is 2.78. The molecule has 1 aromatic heterocycles. The lowest BCUT2D eigenvalue weighted by atomic mass is 10.2. The van der Waals surface area contributed by atoms with E-state index in [0.29, 0.717) is 12.4 Å². The van der Waals surface area contributed by atoms with Crippen LogP contribution >= 0.6 is 11.6 Å². The van der Waals surface area contributed by atoms with Crippen LogP contribution < -0.4 is 4.90 Å². The second-order valence-corrected chi connectivity index (χ2v) is 7.27. The van der Waals surface area contributed by atoms with Gasteiger partial charge in [-0.3, -0.25) is 0 Å². The number of pyridine rings is 1. The van der Waals surface area contributed by atoms with E-state index in [9.17, 15) is 8.42 Å². The van der Waals surface area contributed by atoms with E-state index < -0.39 is 9.84 Å². The van der Waals surface area contributed by atoms with Crippen LogP contribution in [0.5, 0.6) is 0 Å². The van der Waals surface area contributed by atoms with E-state index in [1.54, 1.807) is 6.20 Å². The van der Waals surface area contributed by atoms with Gasteiger partial charge < -0.3 is 4.90 Å². The van der Waals surface area contributed by atoms with Gasteiger partial charge in [-0.05, 0) is 31.0 Å². The Kier molecular flexibility index (Phi) is 3.82. The zero-order chi connectivity index (χ0) is 13.3. The molecule has 2 heterocycles. The molecule has 1 fully saturated rings. The zero-order valence-electron chi connectivity index (χ0n) is 10.6. The summed E-state index contributed by atoms with van der Waals surface area (Å²) in [6.07, 6.45) is 1.76. The molecule has 1 unspecified atom stereocenters. The SMILES string of the molecule is Cc1cc(CCl)cnc1N1CCS(=O)(=O)CC1C. The van der Waals surface area contributed by atoms with E-state index in [1.165, 1.54) is 0 Å². The van der Waals surface area contributed by atoms with Crippen molar-refractivity contribution in [2.24, 2.45) is 0 Å². The minimum atomic E-state index is -2.89. The fraction of sp³-hybridized carbons (Fsp3) is 0.583. The summed E-state index contributed by atoms with van der Waals surface area (Å²) in [6.45, 7) is 4.42. The smallest absolute Gasteiger partial charge is 0.154 e. The number of alkyl halides is 1. The van der Waals surface area contributed by atoms with Crippen LogP contribution in [0.1, 0.15) is 18.1 Å². The minimum absolute atomic E-state index is 0.0307. The van der Waals surface area contributed by atoms with Crippen LogP contribution in [0.2, 0.25) is 0 Å². The molecule has 100 valence electrons. The molecule has 2 rings (SSSR count). The molecule has 0 spiro atoms. The van der Waals surface area contributed by atoms with Crippen molar-refractivity contribution in [3.63, 3.8) is 0 Å². The number of halogens is 1. The lowest BCUT2D eigenvalue weighted by Gasteiger charge is -2.35. The highest BCUT2D eigenvalue weighted by Crippen LogP contribution is 2.23. The van der Waals surface area contributed by atoms with E-state index in [1.807, 2.05) is 19.9 Å². The van der Waals surface area contributed by atoms with Gasteiger partial charge in [0.25, 0.3) is 0 Å². The van der Waals surface area contributed by atoms with Crippen molar-refractivity contribution in [3.05, 3.63) is 23.4 Å². The first-order valence-corrected chi connectivity index (χ1v) is 8.27. The molecule has 1 atom stereocenters. The van der Waals surface area contributed by atoms with Gasteiger partial charge in [0.15, 0.2) is 9.84 Å². The fourth-order valence-electron chi connectivity index (χ4n) is 2.31. The van der Waals surface area contributed by atoms with Gasteiger partial charge in [-0.25, -0.2) is 13.4 Å². The highest BCUT2D eigenvalue weighted by Gasteiger charge is 2.29. The van der Waals surface area contributed by atoms with Gasteiger partial charge >= 0.3 is 0 Å². The molecule has 1 aromatic rings. The largest absolute Gasteiger partial charge is 0.352 e. The van der Waals surface area contributed by atoms with Crippen LogP contribution in [0.3, 0.4) is 0 Å². The Morgan fingerprint density at radius 1 is 1.56 bits per heavy atom. The van der Waals surface area contributed by atoms with Gasteiger partial charge in [0, 0.05) is 24.7 Å². The summed E-state index contributed by atoms with van der Waals surface area (Å²) in [6, 6.07) is 1.97. The van der Waals surface area contributed by atoms with Gasteiger partial charge in [0.05, 0.1) is 11.5 Å². The molecule has 0 amide bonds. The maximum atomic E-state index is 11.6. The highest BCUT2D eigenvalue weighted by molar-refractivity contribution is 7.91. The monoisotopic (exact) mass is 288 g/mol. The van der Waals surface area contributed by atoms with Crippen LogP contribution in [0, 0.1) is 6.92 Å². The Morgan fingerprint density at radius 3 is 2.83 bits per heavy atom. The summed E-state index contributed by atoms with van der Waals surface area (Å²) in [7, 11) is -2.89. The number of sulfone groups is 1. The van der Waals surface area contributed by atoms with Crippen LogP contribution in [0.15, 0.2) is 12.3 Å². The predicted molar refractivity (Wildman–Crippen MR) is 74.0 cm³/mol. The van der Waals surface area contributed by atoms with Crippen molar-refractivity contribution < 1.29 is 8.42 Å². The summed E-state index contributed by atoms with van der Waals surface area (Å²) < 4.78 is 23.1. The quantitative estimate of drug-likeness (QED) is 0.778. The van der Waals surface area contributed by atoms with Crippen molar-refractivity contribution in [2.75, 3.05) is 23.0 Å². The fourth-order valence-corrected chi connectivity index (χ4v) is 4.02. The maximum Gasteiger partial charge on any atom is 0.154 e. The number of aromatic nitrogens is 1. The van der Waals surface area contributed by atoms with E-state index in [4.69, 9.17) is 11.6 Å². The summed E-state index contributed by atoms with van der Waals surface area (Å²) in [5, 5.41) is 0. The lowest BCUT2D eigenvalue weighted by Crippen LogP contribution is -2.47. The highest BCUT2D eigenvalue weighted by atomic mass is 35.5.